The summed E-state index contributed by atoms with van der Waals surface area (Å²) in [6, 6.07) is 14.9. The Bertz CT molecular complexity index is 1400. The Morgan fingerprint density at radius 3 is 2.70 bits per heavy atom. The van der Waals surface area contributed by atoms with E-state index in [1.165, 1.54) is 11.0 Å². The van der Waals surface area contributed by atoms with E-state index in [0.717, 1.165) is 11.1 Å². The molecule has 1 fully saturated rings. The van der Waals surface area contributed by atoms with Gasteiger partial charge < -0.3 is 29.2 Å². The fraction of sp³-hybridized carbons (Fsp3) is 0.333. The van der Waals surface area contributed by atoms with E-state index in [2.05, 4.69) is 10.3 Å². The Morgan fingerprint density at radius 2 is 1.95 bits per heavy atom. The number of carbonyl (C=O) groups is 3. The minimum atomic E-state index is -0.358. The van der Waals surface area contributed by atoms with Crippen LogP contribution in [0.15, 0.2) is 67.1 Å². The first-order chi connectivity index (χ1) is 19.4. The molecule has 2 bridgehead atoms. The van der Waals surface area contributed by atoms with Gasteiger partial charge in [-0.1, -0.05) is 36.4 Å². The van der Waals surface area contributed by atoms with Gasteiger partial charge in [-0.05, 0) is 35.8 Å². The summed E-state index contributed by atoms with van der Waals surface area (Å²) in [4.78, 5) is 47.1. The third-order valence-electron chi connectivity index (χ3n) is 7.30. The molecule has 5 rings (SSSR count). The molecule has 10 nitrogen and oxygen atoms in total. The van der Waals surface area contributed by atoms with Crippen LogP contribution >= 0.6 is 0 Å². The molecule has 40 heavy (non-hydrogen) atoms. The number of hydrogen-bond donors (Lipinski definition) is 1. The Kier molecular flexibility index (Phi) is 8.14. The molecule has 0 spiro atoms. The maximum absolute atomic E-state index is 13.3. The number of nitrogens with one attached hydrogen (secondary N) is 1. The Labute approximate surface area is 233 Å². The van der Waals surface area contributed by atoms with Crippen molar-refractivity contribution in [2.24, 2.45) is 7.05 Å². The van der Waals surface area contributed by atoms with E-state index in [4.69, 9.17) is 9.47 Å². The molecule has 0 radical (unpaired) electrons. The van der Waals surface area contributed by atoms with E-state index in [1.54, 1.807) is 42.2 Å². The second kappa shape index (κ2) is 12.1. The number of aromatic nitrogens is 2. The van der Waals surface area contributed by atoms with Gasteiger partial charge >= 0.3 is 0 Å². The molecule has 1 aromatic heterocycles. The predicted molar refractivity (Wildman–Crippen MR) is 149 cm³/mol. The van der Waals surface area contributed by atoms with Gasteiger partial charge in [0.15, 0.2) is 11.5 Å². The number of aryl methyl sites for hydroxylation is 1. The van der Waals surface area contributed by atoms with Crippen molar-refractivity contribution in [1.82, 2.24) is 24.7 Å². The van der Waals surface area contributed by atoms with Crippen molar-refractivity contribution in [3.63, 3.8) is 0 Å². The molecule has 0 aliphatic carbocycles. The van der Waals surface area contributed by atoms with Crippen LogP contribution in [0.3, 0.4) is 0 Å². The van der Waals surface area contributed by atoms with E-state index in [9.17, 15) is 14.4 Å². The summed E-state index contributed by atoms with van der Waals surface area (Å²) in [5, 5.41) is 3.11. The molecular formula is C30H33N5O5. The van der Waals surface area contributed by atoms with Gasteiger partial charge in [0.1, 0.15) is 5.69 Å². The Hall–Kier alpha value is -4.60. The van der Waals surface area contributed by atoms with Crippen molar-refractivity contribution in [2.75, 3.05) is 39.9 Å². The van der Waals surface area contributed by atoms with Crippen molar-refractivity contribution in [3.05, 3.63) is 84.0 Å². The van der Waals surface area contributed by atoms with Crippen LogP contribution in [0.2, 0.25) is 0 Å². The van der Waals surface area contributed by atoms with E-state index < -0.39 is 0 Å². The summed E-state index contributed by atoms with van der Waals surface area (Å²) in [5.74, 6) is 0.303. The van der Waals surface area contributed by atoms with Crippen LogP contribution in [-0.4, -0.2) is 83.0 Å². The molecule has 2 atom stereocenters. The number of nitrogens with zero attached hydrogens (tertiary/aromatic N) is 4. The second-order valence-corrected chi connectivity index (χ2v) is 10.00. The monoisotopic (exact) mass is 543 g/mol. The number of hydrogen-bond acceptors (Lipinski definition) is 6. The highest BCUT2D eigenvalue weighted by Gasteiger charge is 2.38. The maximum Gasteiger partial charge on any atom is 0.272 e. The van der Waals surface area contributed by atoms with Crippen molar-refractivity contribution < 1.29 is 23.9 Å². The highest BCUT2D eigenvalue weighted by atomic mass is 16.5. The fourth-order valence-electron chi connectivity index (χ4n) is 5.18. The predicted octanol–water partition coefficient (Wildman–Crippen LogP) is 2.48. The minimum Gasteiger partial charge on any atom is -0.493 e. The van der Waals surface area contributed by atoms with Crippen LogP contribution in [-0.2, 0) is 16.6 Å². The van der Waals surface area contributed by atoms with Crippen LogP contribution in [0.25, 0.3) is 6.08 Å². The first kappa shape index (κ1) is 27.0. The van der Waals surface area contributed by atoms with Gasteiger partial charge in [-0.2, -0.15) is 0 Å². The fourth-order valence-corrected chi connectivity index (χ4v) is 5.18. The molecular weight excluding hydrogens is 510 g/mol. The largest absolute Gasteiger partial charge is 0.493 e. The molecule has 2 aliphatic rings. The smallest absolute Gasteiger partial charge is 0.272 e. The average molecular weight is 544 g/mol. The van der Waals surface area contributed by atoms with Crippen molar-refractivity contribution in [1.29, 1.82) is 0 Å². The van der Waals surface area contributed by atoms with Gasteiger partial charge in [0, 0.05) is 38.7 Å². The zero-order chi connectivity index (χ0) is 28.1. The zero-order valence-corrected chi connectivity index (χ0v) is 22.7. The van der Waals surface area contributed by atoms with Crippen LogP contribution < -0.4 is 14.8 Å². The van der Waals surface area contributed by atoms with Crippen molar-refractivity contribution >= 4 is 23.8 Å². The maximum atomic E-state index is 13.3. The summed E-state index contributed by atoms with van der Waals surface area (Å²) in [6.45, 7) is 1.31. The second-order valence-electron chi connectivity index (χ2n) is 10.00. The van der Waals surface area contributed by atoms with Gasteiger partial charge in [0.05, 0.1) is 38.8 Å². The van der Waals surface area contributed by atoms with E-state index in [-0.39, 0.29) is 36.2 Å². The normalized spacial score (nSPS) is 19.6. The van der Waals surface area contributed by atoms with Crippen LogP contribution in [0.4, 0.5) is 0 Å². The van der Waals surface area contributed by atoms with Gasteiger partial charge in [0.25, 0.3) is 5.91 Å². The molecule has 3 heterocycles. The van der Waals surface area contributed by atoms with Crippen LogP contribution in [0, 0.1) is 0 Å². The van der Waals surface area contributed by atoms with E-state index in [0.29, 0.717) is 49.9 Å². The quantitative estimate of drug-likeness (QED) is 0.507. The molecule has 0 unspecified atom stereocenters. The Balaban J connectivity index is 1.40. The first-order valence-electron chi connectivity index (χ1n) is 13.3. The number of ether oxygens (including phenoxy) is 2. The summed E-state index contributed by atoms with van der Waals surface area (Å²) >= 11 is 0. The molecule has 2 aromatic carbocycles. The van der Waals surface area contributed by atoms with Gasteiger partial charge in [-0.25, -0.2) is 4.98 Å². The highest BCUT2D eigenvalue weighted by Crippen LogP contribution is 2.35. The molecule has 1 N–H and O–H groups in total. The van der Waals surface area contributed by atoms with Crippen LogP contribution in [0.5, 0.6) is 11.5 Å². The number of benzene rings is 2. The van der Waals surface area contributed by atoms with E-state index in [1.807, 2.05) is 48.5 Å². The third-order valence-corrected chi connectivity index (χ3v) is 7.30. The van der Waals surface area contributed by atoms with Gasteiger partial charge in [0.2, 0.25) is 11.8 Å². The number of likely N-dealkylation sites (tertiary alicyclic amines) is 1. The van der Waals surface area contributed by atoms with Gasteiger partial charge in [-0.3, -0.25) is 14.4 Å². The summed E-state index contributed by atoms with van der Waals surface area (Å²) in [5.41, 5.74) is 2.30. The number of methoxy groups -OCH3 is 1. The molecule has 2 aliphatic heterocycles. The third kappa shape index (κ3) is 6.01. The molecule has 3 amide bonds. The number of carbonyl (C=O) groups excluding carboxylic acids is 3. The molecule has 1 saturated heterocycles. The number of rotatable bonds is 4. The van der Waals surface area contributed by atoms with Crippen LogP contribution in [0.1, 0.15) is 34.0 Å². The van der Waals surface area contributed by atoms with Crippen molar-refractivity contribution in [2.45, 2.75) is 18.4 Å². The Morgan fingerprint density at radius 1 is 1.12 bits per heavy atom. The molecule has 10 heteroatoms. The first-order valence-corrected chi connectivity index (χ1v) is 13.3. The molecule has 3 aromatic rings. The van der Waals surface area contributed by atoms with Gasteiger partial charge in [-0.15, -0.1) is 0 Å². The molecule has 0 saturated carbocycles. The lowest BCUT2D eigenvalue weighted by Crippen LogP contribution is -2.46. The lowest BCUT2D eigenvalue weighted by Gasteiger charge is -2.24. The van der Waals surface area contributed by atoms with E-state index >= 15 is 0 Å². The number of amides is 3. The topological polar surface area (TPSA) is 106 Å². The average Bonchev–Trinajstić information content (AvgIpc) is 3.59. The zero-order valence-electron chi connectivity index (χ0n) is 22.7. The number of fused-ring (bicyclic) bond motifs is 4. The number of imidazole rings is 1. The summed E-state index contributed by atoms with van der Waals surface area (Å²) in [6.07, 6.45) is 6.89. The standard InChI is InChI=1S/C30H33N5O5/c1-33-20-31-16-25(33)30(38)35-17-23-22-10-11-26(39-2)27(15-22)40-14-6-13-34(19-28(36)32-24(23)18-35)29(37)12-9-21-7-4-3-5-8-21/h3-5,7-12,15-16,20,23-24H,6,13-14,17-19H2,1-2H3,(H,32,36)/t23-,24+/m1/s1. The SMILES string of the molecule is COc1ccc2cc1OCCCN(C(=O)C=Cc1ccccc1)CC(=O)N[C@H]1CN(C(=O)c3cncn3C)C[C@H]21. The highest BCUT2D eigenvalue weighted by molar-refractivity contribution is 5.95. The van der Waals surface area contributed by atoms with Crippen molar-refractivity contribution in [3.8, 4) is 11.5 Å². The summed E-state index contributed by atoms with van der Waals surface area (Å²) < 4.78 is 13.3. The summed E-state index contributed by atoms with van der Waals surface area (Å²) in [7, 11) is 3.36. The molecule has 208 valence electrons. The minimum absolute atomic E-state index is 0.0994. The lowest BCUT2D eigenvalue weighted by molar-refractivity contribution is -0.132. The lowest BCUT2D eigenvalue weighted by atomic mass is 9.94.